The lowest BCUT2D eigenvalue weighted by molar-refractivity contribution is -0.386. The first-order chi connectivity index (χ1) is 10.9. The predicted octanol–water partition coefficient (Wildman–Crippen LogP) is 4.04. The zero-order valence-corrected chi connectivity index (χ0v) is 15.4. The molecule has 23 heavy (non-hydrogen) atoms. The molecule has 0 aromatic heterocycles. The third-order valence-electron chi connectivity index (χ3n) is 2.35. The summed E-state index contributed by atoms with van der Waals surface area (Å²) in [7, 11) is 0. The van der Waals surface area contributed by atoms with Gasteiger partial charge in [-0.1, -0.05) is 24.3 Å². The molecule has 0 amide bonds. The molecule has 2 aromatic rings. The van der Waals surface area contributed by atoms with Crippen molar-refractivity contribution in [2.45, 2.75) is 0 Å². The van der Waals surface area contributed by atoms with Crippen molar-refractivity contribution in [1.29, 1.82) is 0 Å². The molecule has 0 spiro atoms. The van der Waals surface area contributed by atoms with E-state index in [1.165, 1.54) is 36.4 Å². The largest absolute Gasteiger partial charge is 0.347 e. The molecular formula is C12H8I2N2O7. The second-order valence-corrected chi connectivity index (χ2v) is 7.72. The first-order valence-corrected chi connectivity index (χ1v) is 10.5. The van der Waals surface area contributed by atoms with E-state index < -0.39 is 50.8 Å². The Kier molecular flexibility index (Phi) is 7.73. The van der Waals surface area contributed by atoms with Gasteiger partial charge in [0.05, 0.1) is 9.85 Å². The van der Waals surface area contributed by atoms with Crippen molar-refractivity contribution < 1.29 is 19.1 Å². The molecule has 0 aliphatic heterocycles. The number of hydrogen-bond donors (Lipinski definition) is 0. The van der Waals surface area contributed by atoms with Crippen molar-refractivity contribution in [3.05, 3.63) is 75.9 Å². The molecule has 0 heterocycles. The van der Waals surface area contributed by atoms with E-state index in [2.05, 4.69) is 0 Å². The zero-order valence-electron chi connectivity index (χ0n) is 11.1. The van der Waals surface area contributed by atoms with E-state index in [9.17, 15) is 29.4 Å². The summed E-state index contributed by atoms with van der Waals surface area (Å²) in [5.74, 6) is 0. The number of rotatable bonds is 4. The van der Waals surface area contributed by atoms with Crippen molar-refractivity contribution in [2.24, 2.45) is 0 Å². The SMILES string of the molecule is O=Ic1ccccc1[N+](=O)[O-].O=[N+]([O-])c1ccccc1I(=O)=O. The van der Waals surface area contributed by atoms with Gasteiger partial charge in [-0.15, -0.1) is 0 Å². The van der Waals surface area contributed by atoms with Crippen LogP contribution in [-0.2, 0) is 9.21 Å². The van der Waals surface area contributed by atoms with Gasteiger partial charge in [0.1, 0.15) is 3.57 Å². The van der Waals surface area contributed by atoms with E-state index in [4.69, 9.17) is 0 Å². The molecule has 0 saturated carbocycles. The minimum atomic E-state index is -3.73. The van der Waals surface area contributed by atoms with Crippen LogP contribution in [0, 0.1) is 27.4 Å². The summed E-state index contributed by atoms with van der Waals surface area (Å²) >= 11 is -5.17. The third-order valence-corrected chi connectivity index (χ3v) is 5.60. The molecule has 0 saturated heterocycles. The molecule has 0 radical (unpaired) electrons. The average Bonchev–Trinajstić information content (AvgIpc) is 2.55. The molecule has 0 fully saturated rings. The molecule has 0 unspecified atom stereocenters. The minimum Gasteiger partial charge on any atom is -0.265 e. The molecule has 0 aliphatic carbocycles. The second kappa shape index (κ2) is 9.29. The molecule has 0 bridgehead atoms. The number of benzene rings is 2. The fourth-order valence-electron chi connectivity index (χ4n) is 1.40. The van der Waals surface area contributed by atoms with Crippen LogP contribution in [0.5, 0.6) is 0 Å². The van der Waals surface area contributed by atoms with E-state index in [-0.39, 0.29) is 14.9 Å². The number of nitro benzene ring substituents is 2. The normalized spacial score (nSPS) is 9.78. The number of halogens is 2. The number of hydrogen-bond acceptors (Lipinski definition) is 7. The lowest BCUT2D eigenvalue weighted by atomic mass is 10.3. The van der Waals surface area contributed by atoms with Crippen LogP contribution in [0.3, 0.4) is 0 Å². The molecule has 2 aromatic carbocycles. The summed E-state index contributed by atoms with van der Waals surface area (Å²) in [6.45, 7) is 0. The molecule has 122 valence electrons. The van der Waals surface area contributed by atoms with E-state index in [0.29, 0.717) is 3.57 Å². The van der Waals surface area contributed by atoms with Crippen LogP contribution in [0.4, 0.5) is 11.4 Å². The summed E-state index contributed by atoms with van der Waals surface area (Å²) in [4.78, 5) is 19.3. The summed E-state index contributed by atoms with van der Waals surface area (Å²) in [6.07, 6.45) is 0. The summed E-state index contributed by atoms with van der Waals surface area (Å²) < 4.78 is 31.7. The van der Waals surface area contributed by atoms with E-state index in [0.717, 1.165) is 0 Å². The molecule has 0 N–H and O–H groups in total. The topological polar surface area (TPSA) is 137 Å². The molecule has 0 atom stereocenters. The Morgan fingerprint density at radius 3 is 1.70 bits per heavy atom. The summed E-state index contributed by atoms with van der Waals surface area (Å²) in [5.41, 5.74) is -0.386. The van der Waals surface area contributed by atoms with Gasteiger partial charge in [0, 0.05) is 12.1 Å². The van der Waals surface area contributed by atoms with Crippen LogP contribution in [0.1, 0.15) is 0 Å². The number of para-hydroxylation sites is 2. The molecule has 11 heteroatoms. The Morgan fingerprint density at radius 1 is 0.826 bits per heavy atom. The van der Waals surface area contributed by atoms with Crippen molar-refractivity contribution >= 4 is 52.4 Å². The molecule has 2 rings (SSSR count). The first kappa shape index (κ1) is 19.1. The zero-order chi connectivity index (χ0) is 17.4. The number of nitro groups is 2. The van der Waals surface area contributed by atoms with Gasteiger partial charge >= 0.3 is 19.8 Å². The molecular weight excluding hydrogens is 538 g/mol. The fourth-order valence-corrected chi connectivity index (χ4v) is 3.68. The fraction of sp³-hybridized carbons (Fsp3) is 0. The second-order valence-electron chi connectivity index (χ2n) is 3.71. The average molecular weight is 546 g/mol. The van der Waals surface area contributed by atoms with Crippen molar-refractivity contribution in [3.8, 4) is 0 Å². The highest BCUT2D eigenvalue weighted by Gasteiger charge is 2.15. The van der Waals surface area contributed by atoms with Crippen LogP contribution in [0.15, 0.2) is 48.5 Å². The maximum atomic E-state index is 10.6. The van der Waals surface area contributed by atoms with Gasteiger partial charge in [0.2, 0.25) is 0 Å². The highest BCUT2D eigenvalue weighted by Crippen LogP contribution is 2.26. The van der Waals surface area contributed by atoms with Gasteiger partial charge in [-0.25, -0.2) is 6.14 Å². The van der Waals surface area contributed by atoms with E-state index in [1.807, 2.05) is 0 Å². The highest BCUT2D eigenvalue weighted by molar-refractivity contribution is 14.2. The standard InChI is InChI=1S/C6H4INO4.C6H4INO3/c9-7(10)5-3-1-2-4-6(5)8(11)12;9-7-5-3-1-2-4-6(5)8(10)11/h1-4H;1-4H. The Labute approximate surface area is 146 Å². The lowest BCUT2D eigenvalue weighted by Crippen LogP contribution is -1.90. The van der Waals surface area contributed by atoms with Crippen LogP contribution in [-0.4, -0.2) is 9.85 Å². The first-order valence-electron chi connectivity index (χ1n) is 5.67. The van der Waals surface area contributed by atoms with Crippen LogP contribution in [0.2, 0.25) is 0 Å². The summed E-state index contributed by atoms with van der Waals surface area (Å²) in [5, 5.41) is 20.5. The summed E-state index contributed by atoms with van der Waals surface area (Å²) in [6, 6.07) is 11.4. The van der Waals surface area contributed by atoms with Crippen LogP contribution in [0.25, 0.3) is 0 Å². The Hall–Kier alpha value is -1.90. The Bertz CT molecular complexity index is 813. The van der Waals surface area contributed by atoms with Crippen LogP contribution < -0.4 is 0 Å². The predicted molar refractivity (Wildman–Crippen MR) is 93.7 cm³/mol. The van der Waals surface area contributed by atoms with Crippen molar-refractivity contribution in [2.75, 3.05) is 0 Å². The van der Waals surface area contributed by atoms with E-state index in [1.54, 1.807) is 12.1 Å². The quantitative estimate of drug-likeness (QED) is 0.321. The van der Waals surface area contributed by atoms with Crippen molar-refractivity contribution in [3.63, 3.8) is 0 Å². The maximum absolute atomic E-state index is 10.6. The Balaban J connectivity index is 0.000000231. The monoisotopic (exact) mass is 546 g/mol. The lowest BCUT2D eigenvalue weighted by Gasteiger charge is -1.91. The Morgan fingerprint density at radius 2 is 1.30 bits per heavy atom. The third kappa shape index (κ3) is 5.66. The van der Waals surface area contributed by atoms with Gasteiger partial charge in [-0.05, 0) is 12.1 Å². The van der Waals surface area contributed by atoms with Gasteiger partial charge in [-0.2, -0.15) is 0 Å². The van der Waals surface area contributed by atoms with Crippen molar-refractivity contribution in [1.82, 2.24) is 0 Å². The van der Waals surface area contributed by atoms with Crippen LogP contribution >= 0.6 is 41.0 Å². The van der Waals surface area contributed by atoms with E-state index >= 15 is 0 Å². The molecule has 9 nitrogen and oxygen atoms in total. The maximum Gasteiger partial charge on any atom is 0.347 e. The number of nitrogens with zero attached hydrogens (tertiary/aromatic N) is 2. The minimum absolute atomic E-state index is 0.0460. The van der Waals surface area contributed by atoms with Gasteiger partial charge in [0.15, 0.2) is 24.8 Å². The smallest absolute Gasteiger partial charge is 0.265 e. The van der Waals surface area contributed by atoms with Gasteiger partial charge in [0.25, 0.3) is 11.4 Å². The van der Waals surface area contributed by atoms with Gasteiger partial charge in [-0.3, -0.25) is 23.3 Å². The highest BCUT2D eigenvalue weighted by atomic mass is 127. The molecule has 0 aliphatic rings. The van der Waals surface area contributed by atoms with Gasteiger partial charge < -0.3 is 0 Å².